The second-order valence-electron chi connectivity index (χ2n) is 6.88. The molecule has 3 aliphatic heterocycles. The van der Waals surface area contributed by atoms with Gasteiger partial charge in [0.25, 0.3) is 11.8 Å². The van der Waals surface area contributed by atoms with E-state index in [0.717, 1.165) is 0 Å². The first-order chi connectivity index (χ1) is 13.8. The van der Waals surface area contributed by atoms with Crippen LogP contribution in [0.2, 0.25) is 0 Å². The quantitative estimate of drug-likeness (QED) is 0.763. The molecule has 29 heavy (non-hydrogen) atoms. The van der Waals surface area contributed by atoms with Crippen molar-refractivity contribution in [3.63, 3.8) is 0 Å². The molecular weight excluding hydrogens is 391 g/mol. The van der Waals surface area contributed by atoms with Gasteiger partial charge in [-0.3, -0.25) is 14.5 Å². The molecule has 0 saturated carbocycles. The van der Waals surface area contributed by atoms with Gasteiger partial charge in [-0.05, 0) is 18.2 Å². The molecule has 0 aromatic heterocycles. The van der Waals surface area contributed by atoms with E-state index in [-0.39, 0.29) is 29.1 Å². The number of rotatable bonds is 1. The Hall–Kier alpha value is -3.43. The Morgan fingerprint density at radius 2 is 1.72 bits per heavy atom. The van der Waals surface area contributed by atoms with Crippen molar-refractivity contribution in [1.82, 2.24) is 4.90 Å². The zero-order valence-electron chi connectivity index (χ0n) is 14.8. The molecule has 0 radical (unpaired) electrons. The highest BCUT2D eigenvalue weighted by Crippen LogP contribution is 2.49. The first-order valence-corrected chi connectivity index (χ1v) is 8.81. The maximum Gasteiger partial charge on any atom is 0.406 e. The van der Waals surface area contributed by atoms with Crippen LogP contribution in [0.15, 0.2) is 36.4 Å². The molecule has 3 aliphatic rings. The average Bonchev–Trinajstić information content (AvgIpc) is 2.94. The van der Waals surface area contributed by atoms with Crippen LogP contribution < -0.4 is 20.1 Å². The highest BCUT2D eigenvalue weighted by atomic mass is 19.4. The fraction of sp³-hybridized carbons (Fsp3) is 0.263. The van der Waals surface area contributed by atoms with Gasteiger partial charge in [-0.15, -0.1) is 0 Å². The fourth-order valence-corrected chi connectivity index (χ4v) is 3.93. The lowest BCUT2D eigenvalue weighted by molar-refractivity contribution is -0.155. The Kier molecular flexibility index (Phi) is 3.52. The van der Waals surface area contributed by atoms with E-state index in [4.69, 9.17) is 9.47 Å². The number of anilines is 2. The van der Waals surface area contributed by atoms with Gasteiger partial charge in [0.1, 0.15) is 19.8 Å². The molecule has 3 heterocycles. The normalized spacial score (nSPS) is 22.1. The summed E-state index contributed by atoms with van der Waals surface area (Å²) in [5.74, 6) is -1.01. The van der Waals surface area contributed by atoms with E-state index in [0.29, 0.717) is 23.0 Å². The van der Waals surface area contributed by atoms with Crippen molar-refractivity contribution in [2.75, 3.05) is 30.4 Å². The number of nitrogens with zero attached hydrogens (tertiary/aromatic N) is 1. The first-order valence-electron chi connectivity index (χ1n) is 8.81. The molecule has 10 heteroatoms. The Balaban J connectivity index is 1.74. The summed E-state index contributed by atoms with van der Waals surface area (Å²) in [4.78, 5) is 26.6. The second kappa shape index (κ2) is 5.79. The molecule has 0 fully saturated rings. The number of ether oxygens (including phenoxy) is 2. The average molecular weight is 405 g/mol. The summed E-state index contributed by atoms with van der Waals surface area (Å²) in [5, 5.41) is 5.46. The van der Waals surface area contributed by atoms with Crippen LogP contribution in [-0.4, -0.2) is 42.6 Å². The second-order valence-corrected chi connectivity index (χ2v) is 6.88. The van der Waals surface area contributed by atoms with Crippen molar-refractivity contribution in [2.45, 2.75) is 11.8 Å². The fourth-order valence-electron chi connectivity index (χ4n) is 3.93. The Morgan fingerprint density at radius 3 is 2.45 bits per heavy atom. The number of halogens is 3. The summed E-state index contributed by atoms with van der Waals surface area (Å²) in [6, 6.07) is 9.08. The van der Waals surface area contributed by atoms with Gasteiger partial charge in [-0.25, -0.2) is 0 Å². The zero-order chi connectivity index (χ0) is 20.4. The minimum absolute atomic E-state index is 0.0566. The van der Waals surface area contributed by atoms with Crippen LogP contribution in [0.4, 0.5) is 24.5 Å². The van der Waals surface area contributed by atoms with Gasteiger partial charge in [0.2, 0.25) is 5.66 Å². The first kappa shape index (κ1) is 17.7. The number of hydrogen-bond donors (Lipinski definition) is 2. The minimum atomic E-state index is -4.71. The number of para-hydroxylation sites is 1. The van der Waals surface area contributed by atoms with Crippen LogP contribution >= 0.6 is 0 Å². The zero-order valence-corrected chi connectivity index (χ0v) is 14.8. The van der Waals surface area contributed by atoms with E-state index in [1.165, 1.54) is 18.2 Å². The third-order valence-electron chi connectivity index (χ3n) is 5.11. The Bertz CT molecular complexity index is 1060. The van der Waals surface area contributed by atoms with Crippen molar-refractivity contribution < 1.29 is 32.2 Å². The van der Waals surface area contributed by atoms with Gasteiger partial charge < -0.3 is 20.1 Å². The molecule has 2 aromatic rings. The smallest absolute Gasteiger partial charge is 0.406 e. The topological polar surface area (TPSA) is 79.9 Å². The maximum absolute atomic E-state index is 13.4. The van der Waals surface area contributed by atoms with E-state index in [1.54, 1.807) is 18.2 Å². The van der Waals surface area contributed by atoms with Crippen molar-refractivity contribution in [3.8, 4) is 11.5 Å². The van der Waals surface area contributed by atoms with Crippen LogP contribution in [0.3, 0.4) is 0 Å². The minimum Gasteiger partial charge on any atom is -0.486 e. The number of nitrogens with one attached hydrogen (secondary N) is 2. The lowest BCUT2D eigenvalue weighted by Crippen LogP contribution is -2.63. The molecule has 150 valence electrons. The number of amides is 2. The van der Waals surface area contributed by atoms with Crippen molar-refractivity contribution in [1.29, 1.82) is 0 Å². The van der Waals surface area contributed by atoms with Gasteiger partial charge in [0, 0.05) is 17.3 Å². The molecule has 1 spiro atoms. The van der Waals surface area contributed by atoms with Gasteiger partial charge in [0.05, 0.1) is 11.3 Å². The summed E-state index contributed by atoms with van der Waals surface area (Å²) in [5.41, 5.74) is -1.31. The van der Waals surface area contributed by atoms with E-state index in [9.17, 15) is 22.8 Å². The molecule has 0 unspecified atom stereocenters. The van der Waals surface area contributed by atoms with E-state index < -0.39 is 30.2 Å². The molecule has 1 atom stereocenters. The summed E-state index contributed by atoms with van der Waals surface area (Å²) < 4.78 is 51.2. The third-order valence-corrected chi connectivity index (χ3v) is 5.11. The molecule has 0 saturated heterocycles. The van der Waals surface area contributed by atoms with Crippen LogP contribution in [0, 0.1) is 0 Å². The van der Waals surface area contributed by atoms with Crippen molar-refractivity contribution in [2.24, 2.45) is 0 Å². The molecule has 2 N–H and O–H groups in total. The summed E-state index contributed by atoms with van der Waals surface area (Å²) in [7, 11) is 0. The van der Waals surface area contributed by atoms with Gasteiger partial charge in [-0.1, -0.05) is 12.1 Å². The highest BCUT2D eigenvalue weighted by molar-refractivity contribution is 6.14. The number of hydrogen-bond acceptors (Lipinski definition) is 5. The van der Waals surface area contributed by atoms with E-state index >= 15 is 0 Å². The highest BCUT2D eigenvalue weighted by Gasteiger charge is 2.59. The summed E-state index contributed by atoms with van der Waals surface area (Å²) in [6.07, 6.45) is -4.71. The number of fused-ring (bicyclic) bond motifs is 4. The third kappa shape index (κ3) is 2.51. The van der Waals surface area contributed by atoms with Crippen LogP contribution in [0.1, 0.15) is 15.9 Å². The molecule has 0 bridgehead atoms. The number of carbonyl (C=O) groups excluding carboxylic acids is 2. The molecule has 0 aliphatic carbocycles. The number of benzene rings is 2. The van der Waals surface area contributed by atoms with Gasteiger partial charge in [0.15, 0.2) is 11.5 Å². The Morgan fingerprint density at radius 1 is 1.03 bits per heavy atom. The van der Waals surface area contributed by atoms with Crippen molar-refractivity contribution >= 4 is 23.2 Å². The van der Waals surface area contributed by atoms with E-state index in [2.05, 4.69) is 10.6 Å². The standard InChI is InChI=1S/C19H14F3N3O4/c20-18(21,22)9-25-16(26)10-3-1-2-4-12(10)24-19(25)11-7-14-15(29-6-5-28-14)8-13(11)23-17(19)27/h1-4,7-8,24H,5-6,9H2,(H,23,27)/t19-/m1/s1. The van der Waals surface area contributed by atoms with Crippen LogP contribution in [0.5, 0.6) is 11.5 Å². The largest absolute Gasteiger partial charge is 0.486 e. The van der Waals surface area contributed by atoms with Gasteiger partial charge >= 0.3 is 6.18 Å². The lowest BCUT2D eigenvalue weighted by Gasteiger charge is -2.44. The number of alkyl halides is 3. The number of carbonyl (C=O) groups is 2. The molecule has 2 aromatic carbocycles. The monoisotopic (exact) mass is 405 g/mol. The van der Waals surface area contributed by atoms with Gasteiger partial charge in [-0.2, -0.15) is 13.2 Å². The van der Waals surface area contributed by atoms with Crippen molar-refractivity contribution in [3.05, 3.63) is 47.5 Å². The molecule has 5 rings (SSSR count). The molecular formula is C19H14F3N3O4. The van der Waals surface area contributed by atoms with E-state index in [1.807, 2.05) is 0 Å². The maximum atomic E-state index is 13.4. The molecule has 2 amide bonds. The predicted octanol–water partition coefficient (Wildman–Crippen LogP) is 2.69. The predicted molar refractivity (Wildman–Crippen MR) is 94.9 cm³/mol. The summed E-state index contributed by atoms with van der Waals surface area (Å²) in [6.45, 7) is -1.02. The van der Waals surface area contributed by atoms with Crippen LogP contribution in [0.25, 0.3) is 0 Å². The lowest BCUT2D eigenvalue weighted by atomic mass is 9.92. The summed E-state index contributed by atoms with van der Waals surface area (Å²) >= 11 is 0. The SMILES string of the molecule is O=C1c2ccccc2N[C@@]2(C(=O)Nc3cc4c(cc32)OCCO4)N1CC(F)(F)F. The molecule has 7 nitrogen and oxygen atoms in total. The Labute approximate surface area is 162 Å². The van der Waals surface area contributed by atoms with Crippen LogP contribution in [-0.2, 0) is 10.5 Å².